The fourth-order valence-electron chi connectivity index (χ4n) is 5.18. The fourth-order valence-corrected chi connectivity index (χ4v) is 5.18. The normalized spacial score (nSPS) is 17.0. The van der Waals surface area contributed by atoms with Crippen molar-refractivity contribution in [2.24, 2.45) is 11.8 Å². The average molecular weight is 579 g/mol. The highest BCUT2D eigenvalue weighted by Crippen LogP contribution is 2.14. The molecule has 0 spiro atoms. The molecular formula is C33H46N4O5. The van der Waals surface area contributed by atoms with Crippen LogP contribution in [0, 0.1) is 11.8 Å². The van der Waals surface area contributed by atoms with Crippen LogP contribution in [0.25, 0.3) is 0 Å². The Labute approximate surface area is 249 Å². The highest BCUT2D eigenvalue weighted by atomic mass is 16.5. The van der Waals surface area contributed by atoms with Gasteiger partial charge in [-0.3, -0.25) is 19.3 Å². The topological polar surface area (TPSA) is 117 Å². The summed E-state index contributed by atoms with van der Waals surface area (Å²) < 4.78 is 5.41. The van der Waals surface area contributed by atoms with E-state index in [2.05, 4.69) is 29.8 Å². The molecule has 0 aromatic heterocycles. The molecular weight excluding hydrogens is 532 g/mol. The van der Waals surface area contributed by atoms with Crippen molar-refractivity contribution in [2.75, 3.05) is 19.6 Å². The van der Waals surface area contributed by atoms with Crippen molar-refractivity contribution in [3.05, 3.63) is 71.8 Å². The molecule has 0 saturated carbocycles. The van der Waals surface area contributed by atoms with Crippen LogP contribution in [-0.2, 0) is 32.1 Å². The van der Waals surface area contributed by atoms with E-state index in [1.165, 1.54) is 0 Å². The Morgan fingerprint density at radius 2 is 1.50 bits per heavy atom. The number of amides is 3. The van der Waals surface area contributed by atoms with Crippen LogP contribution in [0.1, 0.15) is 58.1 Å². The smallest absolute Gasteiger partial charge is 0.407 e. The first-order valence-electron chi connectivity index (χ1n) is 14.9. The third-order valence-electron chi connectivity index (χ3n) is 7.15. The molecule has 1 aliphatic heterocycles. The van der Waals surface area contributed by atoms with E-state index >= 15 is 0 Å². The van der Waals surface area contributed by atoms with Gasteiger partial charge in [-0.05, 0) is 42.2 Å². The van der Waals surface area contributed by atoms with Crippen LogP contribution in [-0.4, -0.2) is 66.4 Å². The van der Waals surface area contributed by atoms with Gasteiger partial charge in [0, 0.05) is 19.1 Å². The van der Waals surface area contributed by atoms with Crippen molar-refractivity contribution in [1.82, 2.24) is 20.9 Å². The number of carbonyl (C=O) groups is 4. The number of rotatable bonds is 14. The Kier molecular flexibility index (Phi) is 13.0. The van der Waals surface area contributed by atoms with Crippen LogP contribution in [0.2, 0.25) is 0 Å². The average Bonchev–Trinajstić information content (AvgIpc) is 2.93. The number of ether oxygens (including phenoxy) is 1. The molecule has 3 rings (SSSR count). The molecule has 3 atom stereocenters. The first-order valence-corrected chi connectivity index (χ1v) is 14.9. The number of alkyl carbamates (subject to hydrolysis) is 1. The van der Waals surface area contributed by atoms with Crippen molar-refractivity contribution in [1.29, 1.82) is 0 Å². The van der Waals surface area contributed by atoms with Gasteiger partial charge in [-0.25, -0.2) is 4.79 Å². The minimum absolute atomic E-state index is 0.0801. The molecule has 3 N–H and O–H groups in total. The zero-order valence-electron chi connectivity index (χ0n) is 25.3. The largest absolute Gasteiger partial charge is 0.445 e. The maximum atomic E-state index is 13.2. The molecule has 9 heteroatoms. The van der Waals surface area contributed by atoms with Crippen LogP contribution < -0.4 is 16.0 Å². The van der Waals surface area contributed by atoms with Gasteiger partial charge in [-0.15, -0.1) is 0 Å². The van der Waals surface area contributed by atoms with Gasteiger partial charge in [0.25, 0.3) is 0 Å². The van der Waals surface area contributed by atoms with Gasteiger partial charge in [-0.1, -0.05) is 88.4 Å². The van der Waals surface area contributed by atoms with Crippen molar-refractivity contribution >= 4 is 23.7 Å². The molecule has 1 aliphatic rings. The maximum absolute atomic E-state index is 13.2. The Morgan fingerprint density at radius 1 is 0.881 bits per heavy atom. The number of nitrogens with zero attached hydrogens (tertiary/aromatic N) is 1. The Balaban J connectivity index is 1.50. The first-order chi connectivity index (χ1) is 20.1. The number of carbonyl (C=O) groups excluding carboxylic acids is 4. The van der Waals surface area contributed by atoms with E-state index in [-0.39, 0.29) is 49.1 Å². The second-order valence-electron chi connectivity index (χ2n) is 12.0. The second-order valence-corrected chi connectivity index (χ2v) is 12.0. The van der Waals surface area contributed by atoms with Gasteiger partial charge in [0.1, 0.15) is 12.6 Å². The minimum Gasteiger partial charge on any atom is -0.445 e. The number of ketones is 1. The summed E-state index contributed by atoms with van der Waals surface area (Å²) in [6, 6.07) is 17.4. The van der Waals surface area contributed by atoms with Crippen molar-refractivity contribution < 1.29 is 23.9 Å². The van der Waals surface area contributed by atoms with Crippen molar-refractivity contribution in [3.8, 4) is 0 Å². The molecule has 0 radical (unpaired) electrons. The van der Waals surface area contributed by atoms with Gasteiger partial charge >= 0.3 is 6.09 Å². The van der Waals surface area contributed by atoms with E-state index in [0.29, 0.717) is 31.8 Å². The molecule has 42 heavy (non-hydrogen) atoms. The summed E-state index contributed by atoms with van der Waals surface area (Å²) in [6.45, 7) is 9.63. The lowest BCUT2D eigenvalue weighted by Crippen LogP contribution is -2.57. The van der Waals surface area contributed by atoms with Gasteiger partial charge in [0.2, 0.25) is 11.8 Å². The fraction of sp³-hybridized carbons (Fsp3) is 0.515. The van der Waals surface area contributed by atoms with Crippen LogP contribution in [0.5, 0.6) is 0 Å². The van der Waals surface area contributed by atoms with E-state index in [1.54, 1.807) is 0 Å². The lowest BCUT2D eigenvalue weighted by molar-refractivity contribution is -0.133. The number of benzene rings is 2. The predicted octanol–water partition coefficient (Wildman–Crippen LogP) is 3.86. The van der Waals surface area contributed by atoms with Crippen LogP contribution >= 0.6 is 0 Å². The summed E-state index contributed by atoms with van der Waals surface area (Å²) in [4.78, 5) is 53.5. The highest BCUT2D eigenvalue weighted by Gasteiger charge is 2.32. The van der Waals surface area contributed by atoms with Crippen molar-refractivity contribution in [3.63, 3.8) is 0 Å². The lowest BCUT2D eigenvalue weighted by atomic mass is 9.98. The molecule has 228 valence electrons. The third-order valence-corrected chi connectivity index (χ3v) is 7.15. The monoisotopic (exact) mass is 578 g/mol. The zero-order valence-corrected chi connectivity index (χ0v) is 25.3. The van der Waals surface area contributed by atoms with E-state index in [0.717, 1.165) is 17.5 Å². The molecule has 3 amide bonds. The van der Waals surface area contributed by atoms with Gasteiger partial charge in [0.05, 0.1) is 19.0 Å². The minimum atomic E-state index is -0.714. The van der Waals surface area contributed by atoms with E-state index in [1.807, 2.05) is 79.4 Å². The number of Topliss-reactive ketones (excluding diaryl/α,β-unsaturated/α-hetero) is 1. The molecule has 1 saturated heterocycles. The summed E-state index contributed by atoms with van der Waals surface area (Å²) >= 11 is 0. The zero-order chi connectivity index (χ0) is 30.5. The second kappa shape index (κ2) is 16.7. The van der Waals surface area contributed by atoms with E-state index < -0.39 is 18.2 Å². The highest BCUT2D eigenvalue weighted by molar-refractivity contribution is 5.94. The summed E-state index contributed by atoms with van der Waals surface area (Å²) in [5.74, 6) is -0.123. The number of nitrogens with one attached hydrogen (secondary N) is 3. The summed E-state index contributed by atoms with van der Waals surface area (Å²) in [6.07, 6.45) is 1.38. The molecule has 1 heterocycles. The molecule has 1 unspecified atom stereocenters. The summed E-state index contributed by atoms with van der Waals surface area (Å²) in [5.41, 5.74) is 1.78. The van der Waals surface area contributed by atoms with E-state index in [9.17, 15) is 19.2 Å². The molecule has 2 aromatic rings. The van der Waals surface area contributed by atoms with Crippen LogP contribution in [0.15, 0.2) is 60.7 Å². The molecule has 9 nitrogen and oxygen atoms in total. The summed E-state index contributed by atoms with van der Waals surface area (Å²) in [5, 5.41) is 8.73. The third kappa shape index (κ3) is 11.6. The Morgan fingerprint density at radius 3 is 2.10 bits per heavy atom. The van der Waals surface area contributed by atoms with Crippen molar-refractivity contribution in [2.45, 2.75) is 78.1 Å². The van der Waals surface area contributed by atoms with Gasteiger partial charge < -0.3 is 20.7 Å². The Bertz CT molecular complexity index is 1160. The number of piperidine rings is 1. The lowest BCUT2D eigenvalue weighted by Gasteiger charge is -2.34. The van der Waals surface area contributed by atoms with E-state index in [4.69, 9.17) is 4.74 Å². The molecule has 0 aliphatic carbocycles. The molecule has 2 aromatic carbocycles. The maximum Gasteiger partial charge on any atom is 0.407 e. The van der Waals surface area contributed by atoms with Crippen LogP contribution in [0.3, 0.4) is 0 Å². The SMILES string of the molecule is CC(C)C[C@H](CN1CCC(NC(=O)[C@H](CC(C)C)NC(=O)Cc2ccccc2)C(=O)C1)NC(=O)OCc1ccccc1. The standard InChI is InChI=1S/C33H46N4O5/c1-23(2)17-27(34-33(41)42-22-26-13-9-6-10-14-26)20-37-16-15-28(30(38)21-37)36-32(40)29(18-24(3)4)35-31(39)19-25-11-7-5-8-12-25/h5-14,23-24,27-29H,15-22H2,1-4H3,(H,34,41)(H,35,39)(H,36,40)/t27-,28?,29+/m1/s1. The number of likely N-dealkylation sites (tertiary alicyclic amines) is 1. The van der Waals surface area contributed by atoms with Gasteiger partial charge in [-0.2, -0.15) is 0 Å². The molecule has 1 fully saturated rings. The number of hydrogen-bond acceptors (Lipinski definition) is 6. The predicted molar refractivity (Wildman–Crippen MR) is 163 cm³/mol. The summed E-state index contributed by atoms with van der Waals surface area (Å²) in [7, 11) is 0. The first kappa shape index (κ1) is 32.8. The number of hydrogen-bond donors (Lipinski definition) is 3. The Hall–Kier alpha value is -3.72. The van der Waals surface area contributed by atoms with Gasteiger partial charge in [0.15, 0.2) is 5.78 Å². The van der Waals surface area contributed by atoms with Crippen LogP contribution in [0.4, 0.5) is 4.79 Å². The quantitative estimate of drug-likeness (QED) is 0.314. The molecule has 0 bridgehead atoms.